The Kier molecular flexibility index (Phi) is 12.5. The summed E-state index contributed by atoms with van der Waals surface area (Å²) in [5.74, 6) is 6.37. The number of ether oxygens (including phenoxy) is 1. The Bertz CT molecular complexity index is 625. The second-order valence-electron chi connectivity index (χ2n) is 13.5. The van der Waals surface area contributed by atoms with E-state index in [1.807, 2.05) is 0 Å². The standard InChI is InChI=1S/C35H60O/c1-3-5-6-8-29-9-11-30(12-10-29)13-14-31-19-21-33(22-20-31)34-23-25-35(26-24-34)36-27-32-17-15-28(7-4-2)16-18-32/h13-14,23,25,28-35H,3-12,15-22,24,26-27H2,1-2H3/b14-13+. The normalized spacial score (nSPS) is 37.9. The van der Waals surface area contributed by atoms with Crippen LogP contribution in [0.5, 0.6) is 0 Å². The zero-order valence-corrected chi connectivity index (χ0v) is 24.2. The van der Waals surface area contributed by atoms with Gasteiger partial charge in [0.1, 0.15) is 0 Å². The van der Waals surface area contributed by atoms with Crippen molar-refractivity contribution in [1.29, 1.82) is 0 Å². The van der Waals surface area contributed by atoms with E-state index < -0.39 is 0 Å². The molecule has 1 heteroatoms. The molecule has 0 aromatic heterocycles. The van der Waals surface area contributed by atoms with Gasteiger partial charge in [-0.1, -0.05) is 89.5 Å². The third kappa shape index (κ3) is 9.32. The average Bonchev–Trinajstić information content (AvgIpc) is 2.93. The van der Waals surface area contributed by atoms with Gasteiger partial charge >= 0.3 is 0 Å². The lowest BCUT2D eigenvalue weighted by Crippen LogP contribution is -2.26. The summed E-state index contributed by atoms with van der Waals surface area (Å²) in [6.45, 7) is 5.67. The predicted molar refractivity (Wildman–Crippen MR) is 156 cm³/mol. The quantitative estimate of drug-likeness (QED) is 0.193. The zero-order valence-electron chi connectivity index (χ0n) is 24.2. The van der Waals surface area contributed by atoms with Crippen LogP contribution in [0.4, 0.5) is 0 Å². The zero-order chi connectivity index (χ0) is 25.0. The fourth-order valence-corrected chi connectivity index (χ4v) is 8.13. The van der Waals surface area contributed by atoms with Gasteiger partial charge in [-0.3, -0.25) is 0 Å². The van der Waals surface area contributed by atoms with Crippen molar-refractivity contribution in [2.45, 2.75) is 148 Å². The lowest BCUT2D eigenvalue weighted by Gasteiger charge is -2.35. The molecule has 0 N–H and O–H groups in total. The largest absolute Gasteiger partial charge is 0.374 e. The molecule has 0 saturated heterocycles. The summed E-state index contributed by atoms with van der Waals surface area (Å²) in [6, 6.07) is 0. The molecule has 4 aliphatic carbocycles. The van der Waals surface area contributed by atoms with E-state index in [1.165, 1.54) is 128 Å². The van der Waals surface area contributed by atoms with Crippen LogP contribution in [0.3, 0.4) is 0 Å². The van der Waals surface area contributed by atoms with Crippen molar-refractivity contribution in [3.8, 4) is 0 Å². The van der Waals surface area contributed by atoms with Crippen LogP contribution in [0, 0.1) is 41.4 Å². The van der Waals surface area contributed by atoms with Crippen molar-refractivity contribution in [3.63, 3.8) is 0 Å². The molecule has 0 bridgehead atoms. The first-order valence-corrected chi connectivity index (χ1v) is 16.7. The van der Waals surface area contributed by atoms with E-state index in [0.29, 0.717) is 6.10 Å². The summed E-state index contributed by atoms with van der Waals surface area (Å²) >= 11 is 0. The SMILES string of the molecule is CCCCCC1CCC(/C=C/C2CCC(C3C=CC(OCC4CCC(CCC)CC4)CC3)CC2)CC1. The molecule has 0 aliphatic heterocycles. The van der Waals surface area contributed by atoms with Gasteiger partial charge in [0.05, 0.1) is 12.7 Å². The molecule has 4 rings (SSSR count). The Morgan fingerprint density at radius 1 is 0.583 bits per heavy atom. The smallest absolute Gasteiger partial charge is 0.0756 e. The van der Waals surface area contributed by atoms with Crippen LogP contribution in [0.25, 0.3) is 0 Å². The average molecular weight is 497 g/mol. The summed E-state index contributed by atoms with van der Waals surface area (Å²) in [6.07, 6.45) is 39.2. The molecule has 3 fully saturated rings. The van der Waals surface area contributed by atoms with E-state index in [-0.39, 0.29) is 0 Å². The van der Waals surface area contributed by atoms with Crippen LogP contribution < -0.4 is 0 Å². The first-order chi connectivity index (χ1) is 17.7. The van der Waals surface area contributed by atoms with Gasteiger partial charge < -0.3 is 4.74 Å². The molecular formula is C35H60O. The second kappa shape index (κ2) is 15.8. The fraction of sp³-hybridized carbons (Fsp3) is 0.886. The topological polar surface area (TPSA) is 9.23 Å². The van der Waals surface area contributed by atoms with Crippen molar-refractivity contribution < 1.29 is 4.74 Å². The van der Waals surface area contributed by atoms with Gasteiger partial charge in [0.2, 0.25) is 0 Å². The van der Waals surface area contributed by atoms with Crippen molar-refractivity contribution in [3.05, 3.63) is 24.3 Å². The van der Waals surface area contributed by atoms with Gasteiger partial charge in [-0.2, -0.15) is 0 Å². The van der Waals surface area contributed by atoms with Crippen LogP contribution in [-0.4, -0.2) is 12.7 Å². The van der Waals surface area contributed by atoms with Crippen molar-refractivity contribution in [2.24, 2.45) is 41.4 Å². The molecule has 0 spiro atoms. The third-order valence-electron chi connectivity index (χ3n) is 10.8. The van der Waals surface area contributed by atoms with Gasteiger partial charge in [0.15, 0.2) is 0 Å². The Labute approximate surface area is 225 Å². The van der Waals surface area contributed by atoms with E-state index in [9.17, 15) is 0 Å². The molecule has 0 heterocycles. The minimum atomic E-state index is 0.399. The highest BCUT2D eigenvalue weighted by Crippen LogP contribution is 2.40. The molecule has 4 aliphatic rings. The molecule has 0 aromatic carbocycles. The highest BCUT2D eigenvalue weighted by molar-refractivity contribution is 5.03. The van der Waals surface area contributed by atoms with Crippen LogP contribution in [-0.2, 0) is 4.74 Å². The molecule has 36 heavy (non-hydrogen) atoms. The molecule has 0 aromatic rings. The van der Waals surface area contributed by atoms with Crippen molar-refractivity contribution in [1.82, 2.24) is 0 Å². The molecular weight excluding hydrogens is 436 g/mol. The Morgan fingerprint density at radius 2 is 1.19 bits per heavy atom. The monoisotopic (exact) mass is 496 g/mol. The van der Waals surface area contributed by atoms with E-state index in [2.05, 4.69) is 38.2 Å². The molecule has 3 saturated carbocycles. The molecule has 0 radical (unpaired) electrons. The van der Waals surface area contributed by atoms with Crippen LogP contribution in [0.2, 0.25) is 0 Å². The second-order valence-corrected chi connectivity index (χ2v) is 13.5. The molecule has 2 atom stereocenters. The Balaban J connectivity index is 1.08. The maximum Gasteiger partial charge on any atom is 0.0756 e. The third-order valence-corrected chi connectivity index (χ3v) is 10.8. The van der Waals surface area contributed by atoms with E-state index in [4.69, 9.17) is 4.74 Å². The van der Waals surface area contributed by atoms with E-state index in [0.717, 1.165) is 48.0 Å². The van der Waals surface area contributed by atoms with Crippen LogP contribution in [0.15, 0.2) is 24.3 Å². The summed E-state index contributed by atoms with van der Waals surface area (Å²) in [4.78, 5) is 0. The van der Waals surface area contributed by atoms with Crippen molar-refractivity contribution >= 4 is 0 Å². The summed E-state index contributed by atoms with van der Waals surface area (Å²) in [5, 5.41) is 0. The van der Waals surface area contributed by atoms with Gasteiger partial charge in [-0.05, 0) is 118 Å². The number of hydrogen-bond acceptors (Lipinski definition) is 1. The van der Waals surface area contributed by atoms with E-state index >= 15 is 0 Å². The summed E-state index contributed by atoms with van der Waals surface area (Å²) in [5.41, 5.74) is 0. The lowest BCUT2D eigenvalue weighted by atomic mass is 9.72. The minimum Gasteiger partial charge on any atom is -0.374 e. The van der Waals surface area contributed by atoms with Gasteiger partial charge in [-0.15, -0.1) is 0 Å². The lowest BCUT2D eigenvalue weighted by molar-refractivity contribution is 0.0289. The number of unbranched alkanes of at least 4 members (excludes halogenated alkanes) is 2. The van der Waals surface area contributed by atoms with Crippen molar-refractivity contribution in [2.75, 3.05) is 6.61 Å². The number of allylic oxidation sites excluding steroid dienone is 3. The fourth-order valence-electron chi connectivity index (χ4n) is 8.13. The maximum atomic E-state index is 6.39. The first kappa shape index (κ1) is 28.4. The minimum absolute atomic E-state index is 0.399. The maximum absolute atomic E-state index is 6.39. The molecule has 206 valence electrons. The summed E-state index contributed by atoms with van der Waals surface area (Å²) < 4.78 is 6.39. The molecule has 2 unspecified atom stereocenters. The Hall–Kier alpha value is -0.560. The van der Waals surface area contributed by atoms with Crippen LogP contribution >= 0.6 is 0 Å². The van der Waals surface area contributed by atoms with Crippen LogP contribution in [0.1, 0.15) is 142 Å². The highest BCUT2D eigenvalue weighted by Gasteiger charge is 2.29. The van der Waals surface area contributed by atoms with E-state index in [1.54, 1.807) is 0 Å². The predicted octanol–water partition coefficient (Wildman–Crippen LogP) is 10.7. The molecule has 0 amide bonds. The van der Waals surface area contributed by atoms with Gasteiger partial charge in [0.25, 0.3) is 0 Å². The summed E-state index contributed by atoms with van der Waals surface area (Å²) in [7, 11) is 0. The number of hydrogen-bond donors (Lipinski definition) is 0. The highest BCUT2D eigenvalue weighted by atomic mass is 16.5. The Morgan fingerprint density at radius 3 is 1.81 bits per heavy atom. The first-order valence-electron chi connectivity index (χ1n) is 16.7. The number of rotatable bonds is 12. The van der Waals surface area contributed by atoms with Gasteiger partial charge in [0, 0.05) is 0 Å². The molecule has 1 nitrogen and oxygen atoms in total. The van der Waals surface area contributed by atoms with Gasteiger partial charge in [-0.25, -0.2) is 0 Å².